The van der Waals surface area contributed by atoms with Crippen LogP contribution < -0.4 is 5.32 Å². The molecule has 1 aliphatic rings. The van der Waals surface area contributed by atoms with Crippen molar-refractivity contribution < 1.29 is 10.0 Å². The highest BCUT2D eigenvalue weighted by atomic mass is 16.4. The Hall–Kier alpha value is -1.10. The zero-order chi connectivity index (χ0) is 17.1. The summed E-state index contributed by atoms with van der Waals surface area (Å²) in [5.41, 5.74) is 0.383. The van der Waals surface area contributed by atoms with Crippen LogP contribution in [0.15, 0.2) is 5.16 Å². The van der Waals surface area contributed by atoms with Crippen LogP contribution in [0, 0.1) is 17.3 Å². The third-order valence-corrected chi connectivity index (χ3v) is 5.11. The van der Waals surface area contributed by atoms with Crippen molar-refractivity contribution in [3.8, 4) is 0 Å². The highest BCUT2D eigenvalue weighted by Crippen LogP contribution is 2.52. The van der Waals surface area contributed by atoms with Crippen LogP contribution in [0.25, 0.3) is 0 Å². The van der Waals surface area contributed by atoms with Crippen molar-refractivity contribution in [2.24, 2.45) is 22.4 Å². The molecule has 2 unspecified atom stereocenters. The number of oxime groups is 1. The fourth-order valence-electron chi connectivity index (χ4n) is 3.47. The van der Waals surface area contributed by atoms with Crippen molar-refractivity contribution in [2.75, 3.05) is 20.6 Å². The monoisotopic (exact) mass is 311 g/mol. The molecule has 0 radical (unpaired) electrons. The molecular formula is C17H33N3O2. The Balaban J connectivity index is 2.56. The first-order valence-corrected chi connectivity index (χ1v) is 8.16. The lowest BCUT2D eigenvalue weighted by atomic mass is 9.53. The van der Waals surface area contributed by atoms with Crippen LogP contribution in [0.4, 0.5) is 0 Å². The standard InChI is InChI=1S/C17H33N3O2/c1-12(19-22)13-11-14(17(13,4)5)15(21)18-16(2,3)9-8-10-20(6)7/h13-14,22H,8-11H2,1-7H3,(H,18,21)/b19-12+. The SMILES string of the molecule is C/C(=N\O)C1CC(C(=O)NC(C)(C)CCCN(C)C)C1(C)C. The Bertz CT molecular complexity index is 428. The highest BCUT2D eigenvalue weighted by Gasteiger charge is 2.53. The van der Waals surface area contributed by atoms with Gasteiger partial charge in [-0.3, -0.25) is 4.79 Å². The second-order valence-electron chi connectivity index (χ2n) is 8.18. The minimum atomic E-state index is -0.186. The topological polar surface area (TPSA) is 64.9 Å². The zero-order valence-corrected chi connectivity index (χ0v) is 15.2. The van der Waals surface area contributed by atoms with E-state index in [2.05, 4.69) is 57.2 Å². The Morgan fingerprint density at radius 3 is 2.41 bits per heavy atom. The summed E-state index contributed by atoms with van der Waals surface area (Å²) in [5.74, 6) is 0.300. The van der Waals surface area contributed by atoms with Gasteiger partial charge in [-0.05, 0) is 66.1 Å². The number of hydrogen-bond acceptors (Lipinski definition) is 4. The first-order chi connectivity index (χ1) is 10.0. The molecular weight excluding hydrogens is 278 g/mol. The van der Waals surface area contributed by atoms with Crippen LogP contribution in [0.5, 0.6) is 0 Å². The highest BCUT2D eigenvalue weighted by molar-refractivity contribution is 5.90. The zero-order valence-electron chi connectivity index (χ0n) is 15.2. The molecule has 2 atom stereocenters. The quantitative estimate of drug-likeness (QED) is 0.432. The summed E-state index contributed by atoms with van der Waals surface area (Å²) in [7, 11) is 4.13. The van der Waals surface area contributed by atoms with Gasteiger partial charge in [0.05, 0.1) is 5.71 Å². The molecule has 22 heavy (non-hydrogen) atoms. The molecule has 0 aromatic rings. The number of amides is 1. The molecule has 128 valence electrons. The summed E-state index contributed by atoms with van der Waals surface area (Å²) in [6.45, 7) is 11.2. The van der Waals surface area contributed by atoms with E-state index in [1.165, 1.54) is 0 Å². The minimum absolute atomic E-state index is 0.0117. The number of carbonyl (C=O) groups excluding carboxylic acids is 1. The van der Waals surface area contributed by atoms with E-state index in [9.17, 15) is 4.79 Å². The average Bonchev–Trinajstić information content (AvgIpc) is 2.35. The molecule has 5 nitrogen and oxygen atoms in total. The van der Waals surface area contributed by atoms with Gasteiger partial charge in [0.15, 0.2) is 0 Å². The van der Waals surface area contributed by atoms with Gasteiger partial charge < -0.3 is 15.4 Å². The van der Waals surface area contributed by atoms with E-state index < -0.39 is 0 Å². The lowest BCUT2D eigenvalue weighted by Crippen LogP contribution is -2.57. The van der Waals surface area contributed by atoms with E-state index in [1.54, 1.807) is 0 Å². The van der Waals surface area contributed by atoms with E-state index in [0.717, 1.165) is 31.5 Å². The number of nitrogens with one attached hydrogen (secondary N) is 1. The molecule has 2 N–H and O–H groups in total. The third kappa shape index (κ3) is 4.45. The maximum Gasteiger partial charge on any atom is 0.224 e. The summed E-state index contributed by atoms with van der Waals surface area (Å²) in [6, 6.07) is 0. The van der Waals surface area contributed by atoms with Crippen molar-refractivity contribution in [3.63, 3.8) is 0 Å². The van der Waals surface area contributed by atoms with E-state index in [-0.39, 0.29) is 28.7 Å². The Kier molecular flexibility index (Phi) is 6.02. The Morgan fingerprint density at radius 1 is 1.36 bits per heavy atom. The molecule has 1 saturated carbocycles. The van der Waals surface area contributed by atoms with Gasteiger partial charge in [-0.15, -0.1) is 0 Å². The van der Waals surface area contributed by atoms with Gasteiger partial charge in [0.25, 0.3) is 0 Å². The average molecular weight is 311 g/mol. The first kappa shape index (κ1) is 18.9. The Labute approximate surface area is 135 Å². The van der Waals surface area contributed by atoms with Gasteiger partial charge in [0.2, 0.25) is 5.91 Å². The molecule has 1 amide bonds. The Morgan fingerprint density at radius 2 is 1.95 bits per heavy atom. The summed E-state index contributed by atoms with van der Waals surface area (Å²) >= 11 is 0. The third-order valence-electron chi connectivity index (χ3n) is 5.11. The number of carbonyl (C=O) groups is 1. The molecule has 1 fully saturated rings. The normalized spacial score (nSPS) is 25.0. The summed E-state index contributed by atoms with van der Waals surface area (Å²) in [5, 5.41) is 15.5. The molecule has 0 heterocycles. The van der Waals surface area contributed by atoms with Gasteiger partial charge in [0.1, 0.15) is 0 Å². The number of rotatable bonds is 7. The van der Waals surface area contributed by atoms with E-state index in [0.29, 0.717) is 0 Å². The smallest absolute Gasteiger partial charge is 0.224 e. The largest absolute Gasteiger partial charge is 0.411 e. The van der Waals surface area contributed by atoms with Crippen molar-refractivity contribution in [1.82, 2.24) is 10.2 Å². The van der Waals surface area contributed by atoms with Crippen LogP contribution in [-0.2, 0) is 4.79 Å². The molecule has 0 saturated heterocycles. The van der Waals surface area contributed by atoms with Crippen molar-refractivity contribution in [1.29, 1.82) is 0 Å². The van der Waals surface area contributed by atoms with E-state index in [4.69, 9.17) is 5.21 Å². The molecule has 0 aromatic carbocycles. The summed E-state index contributed by atoms with van der Waals surface area (Å²) in [6.07, 6.45) is 2.79. The van der Waals surface area contributed by atoms with Gasteiger partial charge in [0, 0.05) is 17.4 Å². The van der Waals surface area contributed by atoms with Crippen molar-refractivity contribution in [3.05, 3.63) is 0 Å². The second-order valence-corrected chi connectivity index (χ2v) is 8.18. The molecule has 5 heteroatoms. The predicted octanol–water partition coefficient (Wildman–Crippen LogP) is 2.74. The van der Waals surface area contributed by atoms with Crippen LogP contribution >= 0.6 is 0 Å². The molecule has 0 spiro atoms. The first-order valence-electron chi connectivity index (χ1n) is 8.16. The van der Waals surface area contributed by atoms with E-state index >= 15 is 0 Å². The predicted molar refractivity (Wildman–Crippen MR) is 90.3 cm³/mol. The van der Waals surface area contributed by atoms with Gasteiger partial charge >= 0.3 is 0 Å². The van der Waals surface area contributed by atoms with Crippen molar-refractivity contribution >= 4 is 11.6 Å². The fourth-order valence-corrected chi connectivity index (χ4v) is 3.47. The summed E-state index contributed by atoms with van der Waals surface area (Å²) in [4.78, 5) is 14.7. The maximum atomic E-state index is 12.6. The van der Waals surface area contributed by atoms with E-state index in [1.807, 2.05) is 6.92 Å². The fraction of sp³-hybridized carbons (Fsp3) is 0.882. The van der Waals surface area contributed by atoms with Gasteiger partial charge in [-0.2, -0.15) is 0 Å². The van der Waals surface area contributed by atoms with Crippen LogP contribution in [0.1, 0.15) is 53.9 Å². The van der Waals surface area contributed by atoms with Crippen LogP contribution in [0.2, 0.25) is 0 Å². The van der Waals surface area contributed by atoms with Gasteiger partial charge in [-0.1, -0.05) is 19.0 Å². The van der Waals surface area contributed by atoms with Crippen LogP contribution in [0.3, 0.4) is 0 Å². The molecule has 0 aromatic heterocycles. The molecule has 1 rings (SSSR count). The van der Waals surface area contributed by atoms with Crippen molar-refractivity contribution in [2.45, 2.75) is 59.4 Å². The second kappa shape index (κ2) is 6.99. The molecule has 0 bridgehead atoms. The maximum absolute atomic E-state index is 12.6. The van der Waals surface area contributed by atoms with Crippen LogP contribution in [-0.4, -0.2) is 47.9 Å². The lowest BCUT2D eigenvalue weighted by Gasteiger charge is -2.51. The molecule has 0 aliphatic heterocycles. The number of nitrogens with zero attached hydrogens (tertiary/aromatic N) is 2. The lowest BCUT2D eigenvalue weighted by molar-refractivity contribution is -0.139. The summed E-state index contributed by atoms with van der Waals surface area (Å²) < 4.78 is 0. The minimum Gasteiger partial charge on any atom is -0.411 e. The molecule has 1 aliphatic carbocycles. The van der Waals surface area contributed by atoms with Gasteiger partial charge in [-0.25, -0.2) is 0 Å². The number of hydrogen-bond donors (Lipinski definition) is 2.